The van der Waals surface area contributed by atoms with Crippen LogP contribution in [-0.2, 0) is 4.74 Å². The molecule has 1 N–H and O–H groups in total. The Morgan fingerprint density at radius 3 is 2.81 bits per heavy atom. The van der Waals surface area contributed by atoms with Gasteiger partial charge in [0, 0.05) is 33.8 Å². The number of fused-ring (bicyclic) bond motifs is 1. The van der Waals surface area contributed by atoms with Crippen molar-refractivity contribution in [2.75, 3.05) is 57.7 Å². The topological polar surface area (TPSA) is 79.8 Å². The number of carbonyl (C=O) groups is 1. The molecule has 1 saturated heterocycles. The van der Waals surface area contributed by atoms with Crippen LogP contribution in [0.15, 0.2) is 6.20 Å². The van der Waals surface area contributed by atoms with Crippen molar-refractivity contribution in [3.8, 4) is 5.75 Å². The molecule has 3 heterocycles. The van der Waals surface area contributed by atoms with Gasteiger partial charge in [-0.3, -0.25) is 5.32 Å². The number of hydrogen-bond donors (Lipinski definition) is 1. The van der Waals surface area contributed by atoms with E-state index in [1.807, 2.05) is 16.8 Å². The molecule has 0 saturated carbocycles. The fourth-order valence-corrected chi connectivity index (χ4v) is 3.97. The van der Waals surface area contributed by atoms with Crippen molar-refractivity contribution >= 4 is 38.5 Å². The third-order valence-corrected chi connectivity index (χ3v) is 5.40. The number of likely N-dealkylation sites (tertiary alicyclic amines) is 1. The highest BCUT2D eigenvalue weighted by Gasteiger charge is 2.21. The number of pyridine rings is 1. The minimum absolute atomic E-state index is 0.0926. The summed E-state index contributed by atoms with van der Waals surface area (Å²) >= 11 is 1.41. The first kappa shape index (κ1) is 18.7. The normalized spacial score (nSPS) is 14.5. The summed E-state index contributed by atoms with van der Waals surface area (Å²) in [4.78, 5) is 25.4. The molecule has 0 bridgehead atoms. The maximum Gasteiger partial charge on any atom is 0.323 e. The number of aromatic nitrogens is 2. The van der Waals surface area contributed by atoms with E-state index in [0.29, 0.717) is 29.5 Å². The first-order chi connectivity index (χ1) is 12.6. The molecule has 142 valence electrons. The van der Waals surface area contributed by atoms with Crippen LogP contribution in [0.1, 0.15) is 19.3 Å². The molecular formula is C17H25N5O3S. The number of urea groups is 1. The highest BCUT2D eigenvalue weighted by Crippen LogP contribution is 2.37. The van der Waals surface area contributed by atoms with Crippen molar-refractivity contribution in [2.45, 2.75) is 19.3 Å². The van der Waals surface area contributed by atoms with E-state index in [9.17, 15) is 4.79 Å². The number of amides is 2. The molecule has 9 heteroatoms. The largest absolute Gasteiger partial charge is 0.493 e. The molecule has 2 aromatic heterocycles. The van der Waals surface area contributed by atoms with Gasteiger partial charge in [0.05, 0.1) is 19.9 Å². The van der Waals surface area contributed by atoms with Crippen LogP contribution in [0.25, 0.3) is 10.2 Å². The van der Waals surface area contributed by atoms with E-state index in [1.54, 1.807) is 20.4 Å². The van der Waals surface area contributed by atoms with E-state index in [-0.39, 0.29) is 6.03 Å². The number of hydrogen-bond acceptors (Lipinski definition) is 7. The standard InChI is InChI=1S/C17H25N5O3S/c1-21(9-10-24-2)15-14-13(12(25-3)11-18-15)19-16(26-14)20-17(23)22-7-5-4-6-8-22/h11H,4-10H2,1-3H3,(H,19,20,23). The Balaban J connectivity index is 1.86. The number of rotatable bonds is 6. The van der Waals surface area contributed by atoms with E-state index in [4.69, 9.17) is 9.47 Å². The summed E-state index contributed by atoms with van der Waals surface area (Å²) in [7, 11) is 5.22. The van der Waals surface area contributed by atoms with Gasteiger partial charge in [-0.2, -0.15) is 0 Å². The van der Waals surface area contributed by atoms with E-state index < -0.39 is 0 Å². The number of piperidine rings is 1. The molecule has 1 aliphatic rings. The predicted octanol–water partition coefficient (Wildman–Crippen LogP) is 2.80. The summed E-state index contributed by atoms with van der Waals surface area (Å²) in [5, 5.41) is 3.49. The Labute approximate surface area is 157 Å². The Bertz CT molecular complexity index is 760. The molecule has 0 atom stereocenters. The minimum atomic E-state index is -0.0926. The van der Waals surface area contributed by atoms with Crippen molar-refractivity contribution in [1.82, 2.24) is 14.9 Å². The second-order valence-corrected chi connectivity index (χ2v) is 7.24. The maximum absolute atomic E-state index is 12.5. The molecule has 8 nitrogen and oxygen atoms in total. The summed E-state index contributed by atoms with van der Waals surface area (Å²) in [6.45, 7) is 2.90. The predicted molar refractivity (Wildman–Crippen MR) is 104 cm³/mol. The van der Waals surface area contributed by atoms with Crippen LogP contribution < -0.4 is 15.0 Å². The van der Waals surface area contributed by atoms with Crippen molar-refractivity contribution in [3.63, 3.8) is 0 Å². The van der Waals surface area contributed by atoms with Gasteiger partial charge in [0.25, 0.3) is 0 Å². The van der Waals surface area contributed by atoms with Gasteiger partial charge in [0.1, 0.15) is 16.0 Å². The lowest BCUT2D eigenvalue weighted by Crippen LogP contribution is -2.38. The van der Waals surface area contributed by atoms with Crippen LogP contribution in [0.5, 0.6) is 5.75 Å². The van der Waals surface area contributed by atoms with E-state index >= 15 is 0 Å². The van der Waals surface area contributed by atoms with E-state index in [0.717, 1.165) is 36.4 Å². The number of carbonyl (C=O) groups excluding carboxylic acids is 1. The summed E-state index contributed by atoms with van der Waals surface area (Å²) in [6, 6.07) is -0.0926. The number of nitrogens with zero attached hydrogens (tertiary/aromatic N) is 4. The fraction of sp³-hybridized carbons (Fsp3) is 0.588. The molecule has 1 aliphatic heterocycles. The van der Waals surface area contributed by atoms with Gasteiger partial charge in [-0.1, -0.05) is 11.3 Å². The molecule has 0 aliphatic carbocycles. The highest BCUT2D eigenvalue weighted by molar-refractivity contribution is 7.23. The van der Waals surface area contributed by atoms with Crippen LogP contribution in [0.3, 0.4) is 0 Å². The van der Waals surface area contributed by atoms with E-state index in [2.05, 4.69) is 15.3 Å². The SMILES string of the molecule is COCCN(C)c1ncc(OC)c2nc(NC(=O)N3CCCCC3)sc12. The molecule has 0 aromatic carbocycles. The molecule has 2 aromatic rings. The fourth-order valence-electron chi connectivity index (χ4n) is 2.95. The van der Waals surface area contributed by atoms with Gasteiger partial charge < -0.3 is 19.3 Å². The lowest BCUT2D eigenvalue weighted by atomic mass is 10.1. The monoisotopic (exact) mass is 379 g/mol. The number of anilines is 2. The summed E-state index contributed by atoms with van der Waals surface area (Å²) in [6.07, 6.45) is 4.96. The van der Waals surface area contributed by atoms with Crippen LogP contribution in [0, 0.1) is 0 Å². The Morgan fingerprint density at radius 1 is 1.35 bits per heavy atom. The average molecular weight is 379 g/mol. The Kier molecular flexibility index (Phi) is 6.10. The van der Waals surface area contributed by atoms with Crippen molar-refractivity contribution < 1.29 is 14.3 Å². The third-order valence-electron chi connectivity index (χ3n) is 4.44. The molecule has 2 amide bonds. The highest BCUT2D eigenvalue weighted by atomic mass is 32.1. The lowest BCUT2D eigenvalue weighted by molar-refractivity contribution is 0.200. The Morgan fingerprint density at radius 2 is 2.12 bits per heavy atom. The molecule has 26 heavy (non-hydrogen) atoms. The third kappa shape index (κ3) is 3.99. The van der Waals surface area contributed by atoms with Crippen LogP contribution in [0.4, 0.5) is 15.7 Å². The van der Waals surface area contributed by atoms with Gasteiger partial charge in [-0.25, -0.2) is 14.8 Å². The van der Waals surface area contributed by atoms with Gasteiger partial charge in [0.15, 0.2) is 10.9 Å². The zero-order chi connectivity index (χ0) is 18.5. The molecular weight excluding hydrogens is 354 g/mol. The average Bonchev–Trinajstić information content (AvgIpc) is 3.09. The molecule has 3 rings (SSSR count). The van der Waals surface area contributed by atoms with E-state index in [1.165, 1.54) is 17.8 Å². The second kappa shape index (κ2) is 8.50. The Hall–Kier alpha value is -2.13. The van der Waals surface area contributed by atoms with Crippen LogP contribution in [-0.4, -0.2) is 68.4 Å². The van der Waals surface area contributed by atoms with Crippen LogP contribution >= 0.6 is 11.3 Å². The first-order valence-electron chi connectivity index (χ1n) is 8.73. The lowest BCUT2D eigenvalue weighted by Gasteiger charge is -2.26. The number of thiazole rings is 1. The number of methoxy groups -OCH3 is 2. The molecule has 1 fully saturated rings. The summed E-state index contributed by atoms with van der Waals surface area (Å²) in [5.74, 6) is 1.40. The molecule has 0 spiro atoms. The summed E-state index contributed by atoms with van der Waals surface area (Å²) in [5.41, 5.74) is 0.709. The van der Waals surface area contributed by atoms with Gasteiger partial charge >= 0.3 is 6.03 Å². The van der Waals surface area contributed by atoms with Crippen LogP contribution in [0.2, 0.25) is 0 Å². The summed E-state index contributed by atoms with van der Waals surface area (Å²) < 4.78 is 11.4. The molecule has 0 unspecified atom stereocenters. The van der Waals surface area contributed by atoms with Gasteiger partial charge in [-0.15, -0.1) is 0 Å². The zero-order valence-corrected chi connectivity index (χ0v) is 16.3. The smallest absolute Gasteiger partial charge is 0.323 e. The van der Waals surface area contributed by atoms with Crippen molar-refractivity contribution in [3.05, 3.63) is 6.20 Å². The number of nitrogens with one attached hydrogen (secondary N) is 1. The minimum Gasteiger partial charge on any atom is -0.493 e. The zero-order valence-electron chi connectivity index (χ0n) is 15.4. The van der Waals surface area contributed by atoms with Gasteiger partial charge in [0.2, 0.25) is 0 Å². The van der Waals surface area contributed by atoms with Crippen molar-refractivity contribution in [2.24, 2.45) is 0 Å². The maximum atomic E-state index is 12.5. The second-order valence-electron chi connectivity index (χ2n) is 6.24. The molecule has 0 radical (unpaired) electrons. The number of likely N-dealkylation sites (N-methyl/N-ethyl adjacent to an activating group) is 1. The first-order valence-corrected chi connectivity index (χ1v) is 9.55. The number of ether oxygens (including phenoxy) is 2. The van der Waals surface area contributed by atoms with Gasteiger partial charge in [-0.05, 0) is 19.3 Å². The quantitative estimate of drug-likeness (QED) is 0.831. The van der Waals surface area contributed by atoms with Crippen molar-refractivity contribution in [1.29, 1.82) is 0 Å².